The summed E-state index contributed by atoms with van der Waals surface area (Å²) in [6.45, 7) is 0. The van der Waals surface area contributed by atoms with Crippen LogP contribution in [0.15, 0.2) is 23.0 Å². The first kappa shape index (κ1) is 7.55. The van der Waals surface area contributed by atoms with Gasteiger partial charge in [0, 0.05) is 12.8 Å². The zero-order chi connectivity index (χ0) is 8.10. The molecule has 0 radical (unpaired) electrons. The fourth-order valence-electron chi connectivity index (χ4n) is 0.737. The number of hydrogen-bond acceptors (Lipinski definition) is 3. The summed E-state index contributed by atoms with van der Waals surface area (Å²) in [7, 11) is 0. The molecule has 56 valence electrons. The maximum atomic E-state index is 11.1. The molecular weight excluding hydrogens is 142 g/mol. The van der Waals surface area contributed by atoms with Crippen LogP contribution in [-0.2, 0) is 0 Å². The van der Waals surface area contributed by atoms with Crippen LogP contribution in [0.25, 0.3) is 0 Å². The van der Waals surface area contributed by atoms with Gasteiger partial charge in [-0.15, -0.1) is 0 Å². The molecule has 0 atom stereocenters. The van der Waals surface area contributed by atoms with E-state index in [9.17, 15) is 4.79 Å². The molecule has 1 rings (SSSR count). The van der Waals surface area contributed by atoms with Gasteiger partial charge in [0.1, 0.15) is 6.26 Å². The van der Waals surface area contributed by atoms with Crippen molar-refractivity contribution < 1.29 is 9.21 Å². The Labute approximate surface area is 64.2 Å². The second-order valence-electron chi connectivity index (χ2n) is 2.09. The highest BCUT2D eigenvalue weighted by Crippen LogP contribution is 2.04. The van der Waals surface area contributed by atoms with Crippen molar-refractivity contribution in [1.82, 2.24) is 0 Å². The monoisotopic (exact) mass is 149 g/mol. The van der Waals surface area contributed by atoms with Gasteiger partial charge < -0.3 is 4.42 Å². The first-order valence-corrected chi connectivity index (χ1v) is 3.27. The van der Waals surface area contributed by atoms with E-state index >= 15 is 0 Å². The second-order valence-corrected chi connectivity index (χ2v) is 2.09. The van der Waals surface area contributed by atoms with Gasteiger partial charge in [-0.1, -0.05) is 0 Å². The second kappa shape index (κ2) is 3.57. The van der Waals surface area contributed by atoms with Gasteiger partial charge in [0.2, 0.25) is 0 Å². The third kappa shape index (κ3) is 1.94. The Hall–Kier alpha value is -1.56. The smallest absolute Gasteiger partial charge is 0.167 e. The van der Waals surface area contributed by atoms with E-state index in [2.05, 4.69) is 0 Å². The number of carbonyl (C=O) groups excluding carboxylic acids is 1. The van der Waals surface area contributed by atoms with E-state index in [1.807, 2.05) is 6.07 Å². The molecule has 3 heteroatoms. The molecule has 0 N–H and O–H groups in total. The molecule has 11 heavy (non-hydrogen) atoms. The van der Waals surface area contributed by atoms with E-state index < -0.39 is 0 Å². The maximum Gasteiger partial charge on any atom is 0.167 e. The Morgan fingerprint density at radius 2 is 2.55 bits per heavy atom. The van der Waals surface area contributed by atoms with E-state index in [1.165, 1.54) is 12.5 Å². The van der Waals surface area contributed by atoms with Crippen molar-refractivity contribution in [2.75, 3.05) is 0 Å². The van der Waals surface area contributed by atoms with Gasteiger partial charge in [0.15, 0.2) is 5.78 Å². The number of ketones is 1. The molecule has 0 aliphatic rings. The van der Waals surface area contributed by atoms with Crippen molar-refractivity contribution in [3.8, 4) is 6.07 Å². The highest BCUT2D eigenvalue weighted by molar-refractivity contribution is 5.95. The molecule has 1 heterocycles. The summed E-state index contributed by atoms with van der Waals surface area (Å²) >= 11 is 0. The average Bonchev–Trinajstić information content (AvgIpc) is 2.52. The average molecular weight is 149 g/mol. The Bertz CT molecular complexity index is 269. The summed E-state index contributed by atoms with van der Waals surface area (Å²) in [5.41, 5.74) is 0.542. The molecule has 3 nitrogen and oxygen atoms in total. The Morgan fingerprint density at radius 1 is 1.73 bits per heavy atom. The zero-order valence-corrected chi connectivity index (χ0v) is 5.91. The predicted molar refractivity (Wildman–Crippen MR) is 37.9 cm³/mol. The molecule has 0 saturated heterocycles. The minimum absolute atomic E-state index is 0.0414. The lowest BCUT2D eigenvalue weighted by atomic mass is 10.1. The molecular formula is C8H7NO2. The molecule has 0 saturated carbocycles. The number of nitrogens with zero attached hydrogens (tertiary/aromatic N) is 1. The van der Waals surface area contributed by atoms with Crippen LogP contribution in [0.2, 0.25) is 0 Å². The van der Waals surface area contributed by atoms with Crippen molar-refractivity contribution in [1.29, 1.82) is 5.26 Å². The summed E-state index contributed by atoms with van der Waals surface area (Å²) < 4.78 is 4.71. The fraction of sp³-hybridized carbons (Fsp3) is 0.250. The molecule has 0 aliphatic heterocycles. The molecule has 0 unspecified atom stereocenters. The molecule has 1 aromatic rings. The first-order chi connectivity index (χ1) is 5.34. The summed E-state index contributed by atoms with van der Waals surface area (Å²) in [6, 6.07) is 3.51. The summed E-state index contributed by atoms with van der Waals surface area (Å²) in [4.78, 5) is 11.1. The molecule has 0 fully saturated rings. The zero-order valence-electron chi connectivity index (χ0n) is 5.91. The number of Topliss-reactive ketones (excluding diaryl/α,β-unsaturated/α-hetero) is 1. The van der Waals surface area contributed by atoms with Gasteiger partial charge in [0.25, 0.3) is 0 Å². The number of nitriles is 1. The lowest BCUT2D eigenvalue weighted by molar-refractivity contribution is 0.0983. The molecule has 0 amide bonds. The van der Waals surface area contributed by atoms with Crippen LogP contribution in [0.4, 0.5) is 0 Å². The highest BCUT2D eigenvalue weighted by atomic mass is 16.3. The van der Waals surface area contributed by atoms with Gasteiger partial charge in [-0.2, -0.15) is 5.26 Å². The molecule has 0 aliphatic carbocycles. The van der Waals surface area contributed by atoms with E-state index in [1.54, 1.807) is 6.07 Å². The number of hydrogen-bond donors (Lipinski definition) is 0. The largest absolute Gasteiger partial charge is 0.472 e. The van der Waals surface area contributed by atoms with Gasteiger partial charge in [-0.05, 0) is 6.07 Å². The minimum Gasteiger partial charge on any atom is -0.472 e. The standard InChI is InChI=1S/C8H7NO2/c9-4-1-2-8(10)7-3-5-11-6-7/h3,5-6H,1-2H2. The fourth-order valence-corrected chi connectivity index (χ4v) is 0.737. The Kier molecular flexibility index (Phi) is 2.45. The van der Waals surface area contributed by atoms with Crippen molar-refractivity contribution in [3.05, 3.63) is 24.2 Å². The minimum atomic E-state index is -0.0414. The highest BCUT2D eigenvalue weighted by Gasteiger charge is 2.05. The van der Waals surface area contributed by atoms with Crippen LogP contribution in [0.5, 0.6) is 0 Å². The normalized spacial score (nSPS) is 9.00. The first-order valence-electron chi connectivity index (χ1n) is 3.27. The quantitative estimate of drug-likeness (QED) is 0.615. The van der Waals surface area contributed by atoms with E-state index in [0.29, 0.717) is 5.56 Å². The third-order valence-electron chi connectivity index (χ3n) is 1.31. The van der Waals surface area contributed by atoms with Crippen molar-refractivity contribution in [2.45, 2.75) is 12.8 Å². The van der Waals surface area contributed by atoms with Gasteiger partial charge in [-0.25, -0.2) is 0 Å². The molecule has 0 bridgehead atoms. The van der Waals surface area contributed by atoms with Crippen LogP contribution in [-0.4, -0.2) is 5.78 Å². The lowest BCUT2D eigenvalue weighted by Gasteiger charge is -1.88. The predicted octanol–water partition coefficient (Wildman–Crippen LogP) is 1.77. The van der Waals surface area contributed by atoms with Crippen molar-refractivity contribution in [2.24, 2.45) is 0 Å². The molecule has 0 aromatic carbocycles. The molecule has 1 aromatic heterocycles. The number of rotatable bonds is 3. The van der Waals surface area contributed by atoms with E-state index in [-0.39, 0.29) is 18.6 Å². The SMILES string of the molecule is N#CCCC(=O)c1ccoc1. The summed E-state index contributed by atoms with van der Waals surface area (Å²) in [5.74, 6) is -0.0414. The van der Waals surface area contributed by atoms with Crippen molar-refractivity contribution >= 4 is 5.78 Å². The van der Waals surface area contributed by atoms with Crippen LogP contribution >= 0.6 is 0 Å². The summed E-state index contributed by atoms with van der Waals surface area (Å²) in [6.07, 6.45) is 3.37. The molecule has 0 spiro atoms. The van der Waals surface area contributed by atoms with Crippen molar-refractivity contribution in [3.63, 3.8) is 0 Å². The Morgan fingerprint density at radius 3 is 3.09 bits per heavy atom. The van der Waals surface area contributed by atoms with E-state index in [0.717, 1.165) is 0 Å². The van der Waals surface area contributed by atoms with Crippen LogP contribution in [0, 0.1) is 11.3 Å². The van der Waals surface area contributed by atoms with Crippen LogP contribution < -0.4 is 0 Å². The number of furan rings is 1. The van der Waals surface area contributed by atoms with Gasteiger partial charge in [0.05, 0.1) is 17.9 Å². The van der Waals surface area contributed by atoms with Crippen LogP contribution in [0.1, 0.15) is 23.2 Å². The topological polar surface area (TPSA) is 54.0 Å². The third-order valence-corrected chi connectivity index (χ3v) is 1.31. The van der Waals surface area contributed by atoms with Crippen LogP contribution in [0.3, 0.4) is 0 Å². The lowest BCUT2D eigenvalue weighted by Crippen LogP contribution is -1.95. The van der Waals surface area contributed by atoms with Gasteiger partial charge >= 0.3 is 0 Å². The van der Waals surface area contributed by atoms with Gasteiger partial charge in [-0.3, -0.25) is 4.79 Å². The maximum absolute atomic E-state index is 11.1. The summed E-state index contributed by atoms with van der Waals surface area (Å²) in [5, 5.41) is 8.19. The number of carbonyl (C=O) groups is 1. The Balaban J connectivity index is 2.51. The van der Waals surface area contributed by atoms with E-state index in [4.69, 9.17) is 9.68 Å².